The first-order chi connectivity index (χ1) is 12.7. The van der Waals surface area contributed by atoms with Gasteiger partial charge in [0.05, 0.1) is 6.61 Å². The predicted molar refractivity (Wildman–Crippen MR) is 99.5 cm³/mol. The molecule has 1 aromatic carbocycles. The number of nitrogens with one attached hydrogen (secondary N) is 2. The highest BCUT2D eigenvalue weighted by Crippen LogP contribution is 2.34. The van der Waals surface area contributed by atoms with E-state index in [9.17, 15) is 4.79 Å². The summed E-state index contributed by atoms with van der Waals surface area (Å²) in [5, 5.41) is 6.72. The number of amides is 2. The molecule has 0 radical (unpaired) electrons. The summed E-state index contributed by atoms with van der Waals surface area (Å²) < 4.78 is 11.2. The third kappa shape index (κ3) is 4.13. The van der Waals surface area contributed by atoms with Crippen molar-refractivity contribution in [3.63, 3.8) is 0 Å². The predicted octanol–water partition coefficient (Wildman–Crippen LogP) is 3.84. The van der Waals surface area contributed by atoms with Crippen LogP contribution in [0.2, 0.25) is 5.02 Å². The van der Waals surface area contributed by atoms with Gasteiger partial charge in [-0.2, -0.15) is 0 Å². The maximum atomic E-state index is 12.1. The Morgan fingerprint density at radius 2 is 2.08 bits per heavy atom. The van der Waals surface area contributed by atoms with Crippen molar-refractivity contribution in [2.75, 3.05) is 19.8 Å². The van der Waals surface area contributed by atoms with E-state index in [2.05, 4.69) is 15.6 Å². The topological polar surface area (TPSA) is 76.4 Å². The second-order valence-electron chi connectivity index (χ2n) is 7.30. The number of aromatic nitrogens is 1. The van der Waals surface area contributed by atoms with Crippen LogP contribution in [0, 0.1) is 5.92 Å². The summed E-state index contributed by atoms with van der Waals surface area (Å²) in [6, 6.07) is 5.65. The molecule has 2 fully saturated rings. The van der Waals surface area contributed by atoms with Gasteiger partial charge in [-0.3, -0.25) is 0 Å². The maximum absolute atomic E-state index is 12.1. The Labute approximate surface area is 157 Å². The highest BCUT2D eigenvalue weighted by Gasteiger charge is 2.27. The summed E-state index contributed by atoms with van der Waals surface area (Å²) in [4.78, 5) is 16.7. The van der Waals surface area contributed by atoms with Crippen molar-refractivity contribution >= 4 is 28.7 Å². The zero-order valence-electron chi connectivity index (χ0n) is 14.7. The number of hydrogen-bond acceptors (Lipinski definition) is 4. The van der Waals surface area contributed by atoms with Crippen LogP contribution in [0.25, 0.3) is 11.1 Å². The Morgan fingerprint density at radius 3 is 2.85 bits per heavy atom. The van der Waals surface area contributed by atoms with E-state index in [-0.39, 0.29) is 12.1 Å². The van der Waals surface area contributed by atoms with E-state index in [4.69, 9.17) is 20.8 Å². The Bertz CT molecular complexity index is 764. The number of benzene rings is 1. The van der Waals surface area contributed by atoms with Crippen LogP contribution in [0.5, 0.6) is 0 Å². The molecule has 4 rings (SSSR count). The van der Waals surface area contributed by atoms with E-state index < -0.39 is 0 Å². The van der Waals surface area contributed by atoms with Crippen LogP contribution in [0.4, 0.5) is 4.79 Å². The van der Waals surface area contributed by atoms with Gasteiger partial charge in [0.25, 0.3) is 0 Å². The smallest absolute Gasteiger partial charge is 0.315 e. The first kappa shape index (κ1) is 17.6. The molecule has 2 aliphatic rings. The molecule has 0 spiro atoms. The Kier molecular flexibility index (Phi) is 5.31. The van der Waals surface area contributed by atoms with Crippen LogP contribution in [0.15, 0.2) is 22.6 Å². The van der Waals surface area contributed by atoms with Crippen LogP contribution < -0.4 is 10.6 Å². The average Bonchev–Trinajstić information content (AvgIpc) is 3.29. The lowest BCUT2D eigenvalue weighted by Gasteiger charge is -2.27. The zero-order valence-corrected chi connectivity index (χ0v) is 15.4. The van der Waals surface area contributed by atoms with Crippen molar-refractivity contribution in [1.29, 1.82) is 0 Å². The number of nitrogens with zero attached hydrogens (tertiary/aromatic N) is 1. The summed E-state index contributed by atoms with van der Waals surface area (Å²) in [5.41, 5.74) is 1.59. The fourth-order valence-electron chi connectivity index (χ4n) is 3.80. The molecule has 1 aromatic heterocycles. The summed E-state index contributed by atoms with van der Waals surface area (Å²) in [6.45, 7) is 2.24. The van der Waals surface area contributed by atoms with Gasteiger partial charge in [-0.05, 0) is 50.3 Å². The minimum Gasteiger partial charge on any atom is -0.440 e. The molecule has 6 nitrogen and oxygen atoms in total. The lowest BCUT2D eigenvalue weighted by atomic mass is 9.86. The molecule has 0 bridgehead atoms. The minimum absolute atomic E-state index is 0.0724. The number of halogens is 1. The first-order valence-electron chi connectivity index (χ1n) is 9.35. The normalized spacial score (nSPS) is 26.1. The molecule has 26 heavy (non-hydrogen) atoms. The van der Waals surface area contributed by atoms with Crippen molar-refractivity contribution in [3.8, 4) is 0 Å². The van der Waals surface area contributed by atoms with Crippen LogP contribution in [-0.4, -0.2) is 36.8 Å². The third-order valence-electron chi connectivity index (χ3n) is 5.35. The molecule has 1 saturated carbocycles. The van der Waals surface area contributed by atoms with Gasteiger partial charge < -0.3 is 19.8 Å². The molecule has 1 atom stereocenters. The molecule has 2 amide bonds. The van der Waals surface area contributed by atoms with E-state index in [0.717, 1.165) is 62.3 Å². The van der Waals surface area contributed by atoms with E-state index in [1.165, 1.54) is 0 Å². The van der Waals surface area contributed by atoms with E-state index in [1.807, 2.05) is 18.2 Å². The summed E-state index contributed by atoms with van der Waals surface area (Å²) in [7, 11) is 0. The molecule has 1 aliphatic heterocycles. The van der Waals surface area contributed by atoms with Gasteiger partial charge in [-0.25, -0.2) is 9.78 Å². The second kappa shape index (κ2) is 7.84. The summed E-state index contributed by atoms with van der Waals surface area (Å²) >= 11 is 6.01. The molecule has 1 aliphatic carbocycles. The number of ether oxygens (including phenoxy) is 1. The fourth-order valence-corrected chi connectivity index (χ4v) is 3.96. The van der Waals surface area contributed by atoms with Crippen molar-refractivity contribution in [1.82, 2.24) is 15.6 Å². The van der Waals surface area contributed by atoms with Gasteiger partial charge in [-0.15, -0.1) is 0 Å². The molecule has 2 heterocycles. The van der Waals surface area contributed by atoms with E-state index >= 15 is 0 Å². The molecule has 140 valence electrons. The highest BCUT2D eigenvalue weighted by atomic mass is 35.5. The van der Waals surface area contributed by atoms with E-state index in [1.54, 1.807) is 0 Å². The van der Waals surface area contributed by atoms with Gasteiger partial charge in [-0.1, -0.05) is 11.6 Å². The number of urea groups is 1. The fraction of sp³-hybridized carbons (Fsp3) is 0.579. The van der Waals surface area contributed by atoms with Crippen molar-refractivity contribution in [3.05, 3.63) is 29.1 Å². The highest BCUT2D eigenvalue weighted by molar-refractivity contribution is 6.31. The van der Waals surface area contributed by atoms with Gasteiger partial charge in [0, 0.05) is 36.1 Å². The Hall–Kier alpha value is -1.79. The number of fused-ring (bicyclic) bond motifs is 1. The molecular weight excluding hydrogens is 354 g/mol. The molecule has 1 saturated heterocycles. The number of rotatable bonds is 4. The average molecular weight is 378 g/mol. The van der Waals surface area contributed by atoms with Crippen LogP contribution in [0.3, 0.4) is 0 Å². The maximum Gasteiger partial charge on any atom is 0.315 e. The molecule has 2 aromatic rings. The van der Waals surface area contributed by atoms with Crippen LogP contribution in [-0.2, 0) is 4.74 Å². The largest absolute Gasteiger partial charge is 0.440 e. The third-order valence-corrected chi connectivity index (χ3v) is 5.59. The van der Waals surface area contributed by atoms with Crippen molar-refractivity contribution < 1.29 is 13.9 Å². The van der Waals surface area contributed by atoms with Crippen LogP contribution in [0.1, 0.15) is 43.9 Å². The van der Waals surface area contributed by atoms with Gasteiger partial charge in [0.15, 0.2) is 11.5 Å². The number of oxazole rings is 1. The van der Waals surface area contributed by atoms with E-state index in [0.29, 0.717) is 23.4 Å². The Balaban J connectivity index is 1.25. The monoisotopic (exact) mass is 377 g/mol. The standard InChI is InChI=1S/C19H24ClN3O3/c20-14-3-6-17-16(9-14)23-18(26-17)13-1-4-15(5-2-13)22-19(24)21-10-12-7-8-25-11-12/h3,6,9,12-13,15H,1-2,4-5,7-8,10-11H2,(H2,21,22,24). The van der Waals surface area contributed by atoms with Crippen molar-refractivity contribution in [2.24, 2.45) is 5.92 Å². The second-order valence-corrected chi connectivity index (χ2v) is 7.73. The van der Waals surface area contributed by atoms with Gasteiger partial charge >= 0.3 is 6.03 Å². The SMILES string of the molecule is O=C(NCC1CCOC1)NC1CCC(c2nc3cc(Cl)ccc3o2)CC1. The molecule has 1 unspecified atom stereocenters. The summed E-state index contributed by atoms with van der Waals surface area (Å²) in [5.74, 6) is 1.54. The van der Waals surface area contributed by atoms with Crippen LogP contribution >= 0.6 is 11.6 Å². The molecular formula is C19H24ClN3O3. The lowest BCUT2D eigenvalue weighted by molar-refractivity contribution is 0.184. The quantitative estimate of drug-likeness (QED) is 0.848. The lowest BCUT2D eigenvalue weighted by Crippen LogP contribution is -2.44. The summed E-state index contributed by atoms with van der Waals surface area (Å²) in [6.07, 6.45) is 4.82. The Morgan fingerprint density at radius 1 is 1.23 bits per heavy atom. The molecule has 7 heteroatoms. The number of hydrogen-bond donors (Lipinski definition) is 2. The first-order valence-corrected chi connectivity index (χ1v) is 9.73. The number of carbonyl (C=O) groups excluding carboxylic acids is 1. The van der Waals surface area contributed by atoms with Crippen molar-refractivity contribution in [2.45, 2.75) is 44.1 Å². The number of carbonyl (C=O) groups is 1. The van der Waals surface area contributed by atoms with Gasteiger partial charge in [0.1, 0.15) is 5.52 Å². The zero-order chi connectivity index (χ0) is 17.9. The van der Waals surface area contributed by atoms with Gasteiger partial charge in [0.2, 0.25) is 0 Å². The molecule has 2 N–H and O–H groups in total. The minimum atomic E-state index is -0.0724.